The van der Waals surface area contributed by atoms with Crippen LogP contribution in [0.5, 0.6) is 0 Å². The number of piperidine rings is 1. The van der Waals surface area contributed by atoms with Crippen LogP contribution in [0.1, 0.15) is 45.4 Å². The number of carbonyl (C=O) groups is 1. The van der Waals surface area contributed by atoms with Crippen LogP contribution < -0.4 is 5.73 Å². The molecule has 1 saturated carbocycles. The second kappa shape index (κ2) is 6.53. The minimum atomic E-state index is 0.164. The van der Waals surface area contributed by atoms with Crippen molar-refractivity contribution < 1.29 is 9.53 Å². The number of hydrogen-bond donors (Lipinski definition) is 1. The summed E-state index contributed by atoms with van der Waals surface area (Å²) in [6.45, 7) is 4.32. The van der Waals surface area contributed by atoms with Crippen LogP contribution in [0, 0.1) is 5.92 Å². The third kappa shape index (κ3) is 3.95. The Balaban J connectivity index is 1.65. The molecule has 1 aliphatic heterocycles. The van der Waals surface area contributed by atoms with Crippen LogP contribution in [0.25, 0.3) is 0 Å². The van der Waals surface area contributed by atoms with Crippen LogP contribution in [-0.4, -0.2) is 42.6 Å². The predicted molar refractivity (Wildman–Crippen MR) is 71.2 cm³/mol. The fourth-order valence-corrected chi connectivity index (χ4v) is 2.79. The number of hydrogen-bond acceptors (Lipinski definition) is 3. The maximum Gasteiger partial charge on any atom is 0.248 e. The first-order valence-electron chi connectivity index (χ1n) is 7.30. The van der Waals surface area contributed by atoms with E-state index < -0.39 is 0 Å². The van der Waals surface area contributed by atoms with Gasteiger partial charge in [-0.3, -0.25) is 4.79 Å². The van der Waals surface area contributed by atoms with E-state index in [-0.39, 0.29) is 18.6 Å². The fourth-order valence-electron chi connectivity index (χ4n) is 2.79. The molecule has 18 heavy (non-hydrogen) atoms. The first-order valence-corrected chi connectivity index (χ1v) is 7.30. The van der Waals surface area contributed by atoms with Gasteiger partial charge in [0.2, 0.25) is 5.91 Å². The Kier molecular flexibility index (Phi) is 5.01. The van der Waals surface area contributed by atoms with E-state index in [0.29, 0.717) is 6.04 Å². The third-order valence-corrected chi connectivity index (χ3v) is 4.30. The van der Waals surface area contributed by atoms with Crippen molar-refractivity contribution in [2.24, 2.45) is 11.7 Å². The number of likely N-dealkylation sites (tertiary alicyclic amines) is 1. The van der Waals surface area contributed by atoms with Crippen LogP contribution in [0.15, 0.2) is 0 Å². The number of amides is 1. The van der Waals surface area contributed by atoms with Crippen molar-refractivity contribution in [3.8, 4) is 0 Å². The molecule has 0 bridgehead atoms. The average molecular weight is 254 g/mol. The van der Waals surface area contributed by atoms with Gasteiger partial charge in [-0.1, -0.05) is 6.92 Å². The summed E-state index contributed by atoms with van der Waals surface area (Å²) < 4.78 is 5.73. The van der Waals surface area contributed by atoms with E-state index in [1.165, 1.54) is 0 Å². The Labute approximate surface area is 110 Å². The highest BCUT2D eigenvalue weighted by atomic mass is 16.5. The summed E-state index contributed by atoms with van der Waals surface area (Å²) in [6, 6.07) is 0.337. The zero-order valence-electron chi connectivity index (χ0n) is 11.4. The van der Waals surface area contributed by atoms with E-state index in [0.717, 1.165) is 57.5 Å². The van der Waals surface area contributed by atoms with Gasteiger partial charge in [-0.15, -0.1) is 0 Å². The highest BCUT2D eigenvalue weighted by Crippen LogP contribution is 2.20. The molecule has 0 aromatic heterocycles. The van der Waals surface area contributed by atoms with Gasteiger partial charge in [-0.25, -0.2) is 0 Å². The largest absolute Gasteiger partial charge is 0.368 e. The van der Waals surface area contributed by atoms with Crippen LogP contribution in [0.2, 0.25) is 0 Å². The van der Waals surface area contributed by atoms with Crippen molar-refractivity contribution in [1.29, 1.82) is 0 Å². The van der Waals surface area contributed by atoms with Gasteiger partial charge in [-0.05, 0) is 44.4 Å². The Hall–Kier alpha value is -0.610. The maximum atomic E-state index is 12.0. The van der Waals surface area contributed by atoms with Gasteiger partial charge in [0, 0.05) is 19.1 Å². The summed E-state index contributed by atoms with van der Waals surface area (Å²) in [5.41, 5.74) is 5.85. The van der Waals surface area contributed by atoms with Gasteiger partial charge in [0.1, 0.15) is 6.61 Å². The van der Waals surface area contributed by atoms with Gasteiger partial charge < -0.3 is 15.4 Å². The van der Waals surface area contributed by atoms with Crippen LogP contribution in [0.4, 0.5) is 0 Å². The summed E-state index contributed by atoms with van der Waals surface area (Å²) in [4.78, 5) is 13.9. The molecule has 0 aromatic carbocycles. The van der Waals surface area contributed by atoms with Gasteiger partial charge in [0.25, 0.3) is 0 Å². The van der Waals surface area contributed by atoms with E-state index >= 15 is 0 Å². The van der Waals surface area contributed by atoms with E-state index in [2.05, 4.69) is 6.92 Å². The summed E-state index contributed by atoms with van der Waals surface area (Å²) in [5.74, 6) is 0.923. The lowest BCUT2D eigenvalue weighted by molar-refractivity contribution is -0.140. The van der Waals surface area contributed by atoms with Crippen molar-refractivity contribution >= 4 is 5.91 Å². The lowest BCUT2D eigenvalue weighted by atomic mass is 9.94. The molecule has 1 aliphatic carbocycles. The lowest BCUT2D eigenvalue weighted by Gasteiger charge is -2.31. The van der Waals surface area contributed by atoms with E-state index in [1.54, 1.807) is 0 Å². The van der Waals surface area contributed by atoms with Crippen LogP contribution in [0.3, 0.4) is 0 Å². The third-order valence-electron chi connectivity index (χ3n) is 4.30. The van der Waals surface area contributed by atoms with Crippen LogP contribution >= 0.6 is 0 Å². The molecule has 1 amide bonds. The van der Waals surface area contributed by atoms with Crippen molar-refractivity contribution in [3.63, 3.8) is 0 Å². The molecule has 4 heteroatoms. The fraction of sp³-hybridized carbons (Fsp3) is 0.929. The Morgan fingerprint density at radius 2 is 1.78 bits per heavy atom. The van der Waals surface area contributed by atoms with Crippen molar-refractivity contribution in [2.45, 2.75) is 57.6 Å². The molecule has 1 heterocycles. The Morgan fingerprint density at radius 3 is 2.39 bits per heavy atom. The molecule has 2 rings (SSSR count). The van der Waals surface area contributed by atoms with Gasteiger partial charge in [0.15, 0.2) is 0 Å². The quantitative estimate of drug-likeness (QED) is 0.831. The minimum Gasteiger partial charge on any atom is -0.368 e. The summed E-state index contributed by atoms with van der Waals surface area (Å²) in [6.07, 6.45) is 6.57. The van der Waals surface area contributed by atoms with Crippen molar-refractivity contribution in [3.05, 3.63) is 0 Å². The smallest absolute Gasteiger partial charge is 0.248 e. The van der Waals surface area contributed by atoms with E-state index in [9.17, 15) is 4.79 Å². The SMILES string of the molecule is CC1CCN(C(=O)COC2CCC(N)CC2)CC1. The normalized spacial score (nSPS) is 30.4. The lowest BCUT2D eigenvalue weighted by Crippen LogP contribution is -2.41. The first-order chi connectivity index (χ1) is 8.65. The second-order valence-electron chi connectivity index (χ2n) is 5.91. The standard InChI is InChI=1S/C14H26N2O2/c1-11-6-8-16(9-7-11)14(17)10-18-13-4-2-12(15)3-5-13/h11-13H,2-10,15H2,1H3. The van der Waals surface area contributed by atoms with Gasteiger partial charge in [0.05, 0.1) is 6.10 Å². The van der Waals surface area contributed by atoms with E-state index in [4.69, 9.17) is 10.5 Å². The second-order valence-corrected chi connectivity index (χ2v) is 5.91. The van der Waals surface area contributed by atoms with E-state index in [1.807, 2.05) is 4.90 Å². The van der Waals surface area contributed by atoms with Gasteiger partial charge in [-0.2, -0.15) is 0 Å². The Bertz CT molecular complexity index is 267. The van der Waals surface area contributed by atoms with Crippen molar-refractivity contribution in [1.82, 2.24) is 4.90 Å². The molecule has 0 spiro atoms. The number of carbonyl (C=O) groups excluding carboxylic acids is 1. The topological polar surface area (TPSA) is 55.6 Å². The average Bonchev–Trinajstić information content (AvgIpc) is 2.38. The van der Waals surface area contributed by atoms with Gasteiger partial charge >= 0.3 is 0 Å². The monoisotopic (exact) mass is 254 g/mol. The molecule has 0 aromatic rings. The summed E-state index contributed by atoms with van der Waals surface area (Å²) in [5, 5.41) is 0. The highest BCUT2D eigenvalue weighted by molar-refractivity contribution is 5.77. The molecular formula is C14H26N2O2. The zero-order valence-corrected chi connectivity index (χ0v) is 11.4. The zero-order chi connectivity index (χ0) is 13.0. The molecule has 104 valence electrons. The predicted octanol–water partition coefficient (Wildman–Crippen LogP) is 1.53. The van der Waals surface area contributed by atoms with Crippen molar-refractivity contribution in [2.75, 3.05) is 19.7 Å². The molecule has 2 N–H and O–H groups in total. The molecule has 2 fully saturated rings. The summed E-state index contributed by atoms with van der Waals surface area (Å²) in [7, 11) is 0. The molecular weight excluding hydrogens is 228 g/mol. The molecule has 1 saturated heterocycles. The molecule has 2 aliphatic rings. The summed E-state index contributed by atoms with van der Waals surface area (Å²) >= 11 is 0. The first kappa shape index (κ1) is 13.8. The Morgan fingerprint density at radius 1 is 1.17 bits per heavy atom. The minimum absolute atomic E-state index is 0.164. The molecule has 0 atom stereocenters. The van der Waals surface area contributed by atoms with Crippen LogP contribution in [-0.2, 0) is 9.53 Å². The number of nitrogens with two attached hydrogens (primary N) is 1. The number of rotatable bonds is 3. The molecule has 0 radical (unpaired) electrons. The number of nitrogens with zero attached hydrogens (tertiary/aromatic N) is 1. The molecule has 4 nitrogen and oxygen atoms in total. The number of ether oxygens (including phenoxy) is 1. The highest BCUT2D eigenvalue weighted by Gasteiger charge is 2.23. The molecule has 0 unspecified atom stereocenters. The maximum absolute atomic E-state index is 12.0.